The molecule has 7 nitrogen and oxygen atoms in total. The van der Waals surface area contributed by atoms with Crippen molar-refractivity contribution < 1.29 is 19.4 Å². The van der Waals surface area contributed by atoms with Crippen LogP contribution in [0.1, 0.15) is 77.0 Å². The van der Waals surface area contributed by atoms with Gasteiger partial charge in [-0.2, -0.15) is 5.53 Å². The Hall–Kier alpha value is -0.730. The number of hydrogen-bond donors (Lipinski definition) is 3. The van der Waals surface area contributed by atoms with Crippen LogP contribution in [-0.2, 0) is 19.4 Å². The molecule has 7 heteroatoms. The highest BCUT2D eigenvalue weighted by Gasteiger charge is 2.18. The van der Waals surface area contributed by atoms with Gasteiger partial charge in [0.15, 0.2) is 0 Å². The van der Waals surface area contributed by atoms with Crippen LogP contribution in [0.5, 0.6) is 0 Å². The molecule has 0 aliphatic carbocycles. The summed E-state index contributed by atoms with van der Waals surface area (Å²) in [7, 11) is 1.43. The summed E-state index contributed by atoms with van der Waals surface area (Å²) in [6.45, 7) is 1.04. The largest absolute Gasteiger partial charge is 0.469 e. The zero-order chi connectivity index (χ0) is 17.3. The first-order chi connectivity index (χ1) is 11.8. The van der Waals surface area contributed by atoms with Gasteiger partial charge in [-0.15, -0.1) is 4.99 Å². The lowest BCUT2D eigenvalue weighted by atomic mass is 10.00. The molecule has 1 aliphatic heterocycles. The Bertz CT molecular complexity index is 286. The van der Waals surface area contributed by atoms with E-state index < -0.39 is 0 Å². The summed E-state index contributed by atoms with van der Waals surface area (Å²) >= 11 is 0. The molecule has 1 aliphatic rings. The summed E-state index contributed by atoms with van der Waals surface area (Å²) in [5.74, 6) is -0.334. The highest BCUT2D eigenvalue weighted by molar-refractivity contribution is 5.72. The molecular weight excluding hydrogens is 310 g/mol. The van der Waals surface area contributed by atoms with Gasteiger partial charge in [0.25, 0.3) is 0 Å². The van der Waals surface area contributed by atoms with Crippen molar-refractivity contribution in [1.29, 1.82) is 0 Å². The smallest absolute Gasteiger partial charge is 0.310 e. The zero-order valence-electron chi connectivity index (χ0n) is 15.1. The fourth-order valence-corrected chi connectivity index (χ4v) is 2.91. The first-order valence-corrected chi connectivity index (χ1v) is 9.43. The lowest BCUT2D eigenvalue weighted by Gasteiger charge is -2.16. The van der Waals surface area contributed by atoms with Gasteiger partial charge in [0, 0.05) is 6.54 Å². The average Bonchev–Trinajstić information content (AvgIpc) is 2.60. The first kappa shape index (κ1) is 21.3. The first-order valence-electron chi connectivity index (χ1n) is 9.43. The molecule has 0 aromatic rings. The highest BCUT2D eigenvalue weighted by atomic mass is 17.3. The van der Waals surface area contributed by atoms with E-state index in [2.05, 4.69) is 16.5 Å². The van der Waals surface area contributed by atoms with Gasteiger partial charge in [0.2, 0.25) is 0 Å². The van der Waals surface area contributed by atoms with Crippen LogP contribution in [0, 0.1) is 5.92 Å². The van der Waals surface area contributed by atoms with Gasteiger partial charge in [-0.1, -0.05) is 69.8 Å². The van der Waals surface area contributed by atoms with Gasteiger partial charge in [0.05, 0.1) is 19.6 Å². The standard InChI is InChI=1S/C17H35N3O4/c1-22-17(21)16-13-11-9-7-5-3-2-4-6-8-10-12-14-23-24-20-19-18-15-16/h16,18-20H,2-15H2,1H3. The Morgan fingerprint density at radius 3 is 2.12 bits per heavy atom. The van der Waals surface area contributed by atoms with Crippen molar-refractivity contribution in [3.05, 3.63) is 0 Å². The van der Waals surface area contributed by atoms with Crippen molar-refractivity contribution >= 4 is 5.97 Å². The van der Waals surface area contributed by atoms with Crippen LogP contribution in [0.4, 0.5) is 0 Å². The molecule has 1 unspecified atom stereocenters. The van der Waals surface area contributed by atoms with Gasteiger partial charge in [-0.05, 0) is 12.8 Å². The number of hydrogen-bond acceptors (Lipinski definition) is 7. The van der Waals surface area contributed by atoms with E-state index in [0.717, 1.165) is 19.3 Å². The van der Waals surface area contributed by atoms with Crippen LogP contribution < -0.4 is 16.5 Å². The molecule has 24 heavy (non-hydrogen) atoms. The molecule has 0 saturated carbocycles. The summed E-state index contributed by atoms with van der Waals surface area (Å²) in [5.41, 5.74) is 8.02. The molecule has 0 spiro atoms. The van der Waals surface area contributed by atoms with E-state index in [0.29, 0.717) is 13.2 Å². The maximum Gasteiger partial charge on any atom is 0.310 e. The summed E-state index contributed by atoms with van der Waals surface area (Å²) < 4.78 is 4.87. The number of nitrogens with one attached hydrogen (secondary N) is 3. The highest BCUT2D eigenvalue weighted by Crippen LogP contribution is 2.15. The van der Waals surface area contributed by atoms with E-state index in [4.69, 9.17) is 14.6 Å². The molecule has 1 rings (SSSR count). The summed E-state index contributed by atoms with van der Waals surface area (Å²) in [6, 6.07) is 0. The zero-order valence-corrected chi connectivity index (χ0v) is 15.1. The van der Waals surface area contributed by atoms with Crippen molar-refractivity contribution in [3.63, 3.8) is 0 Å². The van der Waals surface area contributed by atoms with Crippen molar-refractivity contribution in [2.24, 2.45) is 5.92 Å². The van der Waals surface area contributed by atoms with E-state index in [1.54, 1.807) is 0 Å². The molecular formula is C17H35N3O4. The number of methoxy groups -OCH3 is 1. The second-order valence-corrected chi connectivity index (χ2v) is 6.41. The van der Waals surface area contributed by atoms with Crippen LogP contribution >= 0.6 is 0 Å². The number of hydrazine groups is 2. The predicted molar refractivity (Wildman–Crippen MR) is 92.2 cm³/mol. The van der Waals surface area contributed by atoms with Crippen molar-refractivity contribution in [2.75, 3.05) is 20.3 Å². The van der Waals surface area contributed by atoms with Crippen LogP contribution in [0.25, 0.3) is 0 Å². The molecule has 1 fully saturated rings. The third-order valence-electron chi connectivity index (χ3n) is 4.40. The van der Waals surface area contributed by atoms with Gasteiger partial charge >= 0.3 is 5.97 Å². The lowest BCUT2D eigenvalue weighted by molar-refractivity contribution is -0.348. The fraction of sp³-hybridized carbons (Fsp3) is 0.941. The number of carbonyl (C=O) groups is 1. The number of ether oxygens (including phenoxy) is 1. The molecule has 0 amide bonds. The van der Waals surface area contributed by atoms with Crippen LogP contribution in [0.2, 0.25) is 0 Å². The molecule has 1 heterocycles. The summed E-state index contributed by atoms with van der Waals surface area (Å²) in [4.78, 5) is 21.6. The van der Waals surface area contributed by atoms with Gasteiger partial charge in [-0.25, -0.2) is 10.3 Å². The summed E-state index contributed by atoms with van der Waals surface area (Å²) in [5, 5.41) is 0. The number of carbonyl (C=O) groups excluding carboxylic acids is 1. The Balaban J connectivity index is 2.26. The number of rotatable bonds is 1. The molecule has 0 bridgehead atoms. The molecule has 142 valence electrons. The Kier molecular flexibility index (Phi) is 14.0. The Morgan fingerprint density at radius 2 is 1.50 bits per heavy atom. The SMILES string of the molecule is COC(=O)C1CCCCCCCCCCCCCOONNNC1. The van der Waals surface area contributed by atoms with Gasteiger partial charge < -0.3 is 4.74 Å². The van der Waals surface area contributed by atoms with E-state index in [1.165, 1.54) is 64.9 Å². The molecule has 1 saturated heterocycles. The molecule has 1 atom stereocenters. The van der Waals surface area contributed by atoms with Gasteiger partial charge in [-0.3, -0.25) is 4.79 Å². The third-order valence-corrected chi connectivity index (χ3v) is 4.40. The summed E-state index contributed by atoms with van der Waals surface area (Å²) in [6.07, 6.45) is 14.4. The minimum Gasteiger partial charge on any atom is -0.469 e. The minimum absolute atomic E-state index is 0.157. The Labute approximate surface area is 146 Å². The topological polar surface area (TPSA) is 80.9 Å². The van der Waals surface area contributed by atoms with E-state index in [1.807, 2.05) is 0 Å². The normalized spacial score (nSPS) is 24.8. The van der Waals surface area contributed by atoms with E-state index in [9.17, 15) is 4.79 Å². The van der Waals surface area contributed by atoms with Crippen molar-refractivity contribution in [2.45, 2.75) is 77.0 Å². The molecule has 0 aromatic carbocycles. The fourth-order valence-electron chi connectivity index (χ4n) is 2.91. The van der Waals surface area contributed by atoms with E-state index >= 15 is 0 Å². The van der Waals surface area contributed by atoms with Crippen molar-refractivity contribution in [1.82, 2.24) is 16.5 Å². The second-order valence-electron chi connectivity index (χ2n) is 6.41. The molecule has 0 radical (unpaired) electrons. The van der Waals surface area contributed by atoms with E-state index in [-0.39, 0.29) is 11.9 Å². The Morgan fingerprint density at radius 1 is 0.917 bits per heavy atom. The monoisotopic (exact) mass is 345 g/mol. The number of esters is 1. The predicted octanol–water partition coefficient (Wildman–Crippen LogP) is 2.93. The second kappa shape index (κ2) is 15.8. The molecule has 0 aromatic heterocycles. The maximum absolute atomic E-state index is 11.8. The average molecular weight is 345 g/mol. The van der Waals surface area contributed by atoms with Crippen molar-refractivity contribution in [3.8, 4) is 0 Å². The minimum atomic E-state index is -0.177. The van der Waals surface area contributed by atoms with Crippen LogP contribution in [0.3, 0.4) is 0 Å². The van der Waals surface area contributed by atoms with Crippen LogP contribution in [0.15, 0.2) is 0 Å². The van der Waals surface area contributed by atoms with Gasteiger partial charge in [0.1, 0.15) is 0 Å². The maximum atomic E-state index is 11.8. The quantitative estimate of drug-likeness (QED) is 0.498. The lowest BCUT2D eigenvalue weighted by Crippen LogP contribution is -2.46. The van der Waals surface area contributed by atoms with Crippen LogP contribution in [-0.4, -0.2) is 26.2 Å². The third kappa shape index (κ3) is 11.8. The molecule has 3 N–H and O–H groups in total.